The van der Waals surface area contributed by atoms with Crippen LogP contribution in [0.2, 0.25) is 0 Å². The molecule has 0 spiro atoms. The number of hydrogen-bond donors (Lipinski definition) is 1. The summed E-state index contributed by atoms with van der Waals surface area (Å²) < 4.78 is 0. The average Bonchev–Trinajstić information content (AvgIpc) is 2.95. The molecule has 0 amide bonds. The minimum absolute atomic E-state index is 0.393. The van der Waals surface area contributed by atoms with Crippen LogP contribution in [-0.2, 0) is 12.8 Å². The topological polar surface area (TPSA) is 12.0 Å². The Labute approximate surface area is 122 Å². The maximum absolute atomic E-state index is 3.52. The van der Waals surface area contributed by atoms with Crippen molar-refractivity contribution >= 4 is 0 Å². The van der Waals surface area contributed by atoms with E-state index in [1.165, 1.54) is 36.0 Å². The summed E-state index contributed by atoms with van der Waals surface area (Å²) in [6, 6.07) is 16.2. The molecular formula is C19H23N. The van der Waals surface area contributed by atoms with Crippen molar-refractivity contribution in [2.75, 3.05) is 6.54 Å². The Morgan fingerprint density at radius 3 is 2.70 bits per heavy atom. The smallest absolute Gasteiger partial charge is 0.0297 e. The van der Waals surface area contributed by atoms with Crippen molar-refractivity contribution in [2.24, 2.45) is 0 Å². The molecular weight excluding hydrogens is 242 g/mol. The van der Waals surface area contributed by atoms with Crippen molar-refractivity contribution < 1.29 is 0 Å². The molecule has 0 saturated carbocycles. The van der Waals surface area contributed by atoms with Gasteiger partial charge in [-0.2, -0.15) is 0 Å². The Morgan fingerprint density at radius 2 is 1.85 bits per heavy atom. The van der Waals surface area contributed by atoms with E-state index in [0.29, 0.717) is 6.04 Å². The van der Waals surface area contributed by atoms with Crippen molar-refractivity contribution in [1.82, 2.24) is 5.32 Å². The molecule has 0 saturated heterocycles. The van der Waals surface area contributed by atoms with Gasteiger partial charge in [-0.25, -0.2) is 0 Å². The SMILES string of the molecule is CCNC(C)c1ccccc1-c1ccc2c(c1)CCC2. The molecule has 0 heterocycles. The quantitative estimate of drug-likeness (QED) is 0.857. The summed E-state index contributed by atoms with van der Waals surface area (Å²) in [6.07, 6.45) is 3.81. The Balaban J connectivity index is 2.01. The summed E-state index contributed by atoms with van der Waals surface area (Å²) in [5.74, 6) is 0. The standard InChI is InChI=1S/C19H23N/c1-3-20-14(2)18-9-4-5-10-19(18)17-12-11-15-7-6-8-16(15)13-17/h4-5,9-14,20H,3,6-8H2,1-2H3. The zero-order chi connectivity index (χ0) is 13.9. The molecule has 0 fully saturated rings. The lowest BCUT2D eigenvalue weighted by molar-refractivity contribution is 0.599. The van der Waals surface area contributed by atoms with Crippen molar-refractivity contribution in [3.63, 3.8) is 0 Å². The molecule has 2 aromatic rings. The lowest BCUT2D eigenvalue weighted by atomic mass is 9.93. The van der Waals surface area contributed by atoms with E-state index in [-0.39, 0.29) is 0 Å². The number of hydrogen-bond acceptors (Lipinski definition) is 1. The number of fused-ring (bicyclic) bond motifs is 1. The van der Waals surface area contributed by atoms with Crippen LogP contribution in [0.25, 0.3) is 11.1 Å². The lowest BCUT2D eigenvalue weighted by Crippen LogP contribution is -2.18. The lowest BCUT2D eigenvalue weighted by Gasteiger charge is -2.18. The van der Waals surface area contributed by atoms with E-state index in [1.54, 1.807) is 11.1 Å². The van der Waals surface area contributed by atoms with Gasteiger partial charge in [0.25, 0.3) is 0 Å². The number of aryl methyl sites for hydroxylation is 2. The predicted octanol–water partition coefficient (Wildman–Crippen LogP) is 4.51. The van der Waals surface area contributed by atoms with Crippen LogP contribution in [0.5, 0.6) is 0 Å². The van der Waals surface area contributed by atoms with Gasteiger partial charge in [0.1, 0.15) is 0 Å². The molecule has 0 radical (unpaired) electrons. The van der Waals surface area contributed by atoms with Gasteiger partial charge in [0.15, 0.2) is 0 Å². The van der Waals surface area contributed by atoms with Crippen molar-refractivity contribution in [3.05, 3.63) is 59.2 Å². The van der Waals surface area contributed by atoms with Crippen LogP contribution in [0.3, 0.4) is 0 Å². The van der Waals surface area contributed by atoms with Gasteiger partial charge >= 0.3 is 0 Å². The normalized spacial score (nSPS) is 15.1. The Kier molecular flexibility index (Phi) is 3.88. The first-order valence-electron chi connectivity index (χ1n) is 7.74. The fourth-order valence-corrected chi connectivity index (χ4v) is 3.29. The first kappa shape index (κ1) is 13.4. The minimum atomic E-state index is 0.393. The molecule has 1 N–H and O–H groups in total. The Bertz CT molecular complexity index is 600. The molecule has 1 nitrogen and oxygen atoms in total. The summed E-state index contributed by atoms with van der Waals surface area (Å²) in [4.78, 5) is 0. The highest BCUT2D eigenvalue weighted by molar-refractivity contribution is 5.69. The first-order chi connectivity index (χ1) is 9.79. The molecule has 1 unspecified atom stereocenters. The van der Waals surface area contributed by atoms with Gasteiger partial charge in [-0.1, -0.05) is 49.4 Å². The van der Waals surface area contributed by atoms with Crippen LogP contribution in [0.1, 0.15) is 43.0 Å². The number of rotatable bonds is 4. The third-order valence-electron chi connectivity index (χ3n) is 4.35. The van der Waals surface area contributed by atoms with Crippen LogP contribution in [0.4, 0.5) is 0 Å². The van der Waals surface area contributed by atoms with Gasteiger partial charge in [-0.15, -0.1) is 0 Å². The van der Waals surface area contributed by atoms with E-state index in [9.17, 15) is 0 Å². The van der Waals surface area contributed by atoms with E-state index < -0.39 is 0 Å². The second kappa shape index (κ2) is 5.80. The summed E-state index contributed by atoms with van der Waals surface area (Å²) in [7, 11) is 0. The average molecular weight is 265 g/mol. The fraction of sp³-hybridized carbons (Fsp3) is 0.368. The highest BCUT2D eigenvalue weighted by atomic mass is 14.9. The van der Waals surface area contributed by atoms with Crippen LogP contribution >= 0.6 is 0 Å². The third-order valence-corrected chi connectivity index (χ3v) is 4.35. The molecule has 1 aliphatic rings. The van der Waals surface area contributed by atoms with E-state index >= 15 is 0 Å². The molecule has 1 heteroatoms. The molecule has 0 bridgehead atoms. The maximum atomic E-state index is 3.52. The third kappa shape index (κ3) is 2.51. The minimum Gasteiger partial charge on any atom is -0.310 e. The Morgan fingerprint density at radius 1 is 1.05 bits per heavy atom. The van der Waals surface area contributed by atoms with Gasteiger partial charge in [0.2, 0.25) is 0 Å². The van der Waals surface area contributed by atoms with Crippen molar-refractivity contribution in [2.45, 2.75) is 39.2 Å². The summed E-state index contributed by atoms with van der Waals surface area (Å²) in [5, 5.41) is 3.52. The van der Waals surface area contributed by atoms with Crippen LogP contribution in [0.15, 0.2) is 42.5 Å². The molecule has 1 atom stereocenters. The largest absolute Gasteiger partial charge is 0.310 e. The second-order valence-electron chi connectivity index (χ2n) is 5.70. The fourth-order valence-electron chi connectivity index (χ4n) is 3.29. The van der Waals surface area contributed by atoms with Crippen molar-refractivity contribution in [3.8, 4) is 11.1 Å². The highest BCUT2D eigenvalue weighted by Crippen LogP contribution is 2.32. The van der Waals surface area contributed by atoms with E-state index in [1.807, 2.05) is 0 Å². The van der Waals surface area contributed by atoms with Gasteiger partial charge in [-0.05, 0) is 60.5 Å². The van der Waals surface area contributed by atoms with E-state index in [4.69, 9.17) is 0 Å². The van der Waals surface area contributed by atoms with Gasteiger partial charge in [-0.3, -0.25) is 0 Å². The van der Waals surface area contributed by atoms with Gasteiger partial charge in [0, 0.05) is 6.04 Å². The predicted molar refractivity (Wildman–Crippen MR) is 86.0 cm³/mol. The van der Waals surface area contributed by atoms with Gasteiger partial charge in [0.05, 0.1) is 0 Å². The molecule has 2 aromatic carbocycles. The van der Waals surface area contributed by atoms with Crippen LogP contribution in [-0.4, -0.2) is 6.54 Å². The highest BCUT2D eigenvalue weighted by Gasteiger charge is 2.14. The van der Waals surface area contributed by atoms with Crippen molar-refractivity contribution in [1.29, 1.82) is 0 Å². The molecule has 1 aliphatic carbocycles. The molecule has 20 heavy (non-hydrogen) atoms. The molecule has 3 rings (SSSR count). The zero-order valence-corrected chi connectivity index (χ0v) is 12.4. The van der Waals surface area contributed by atoms with Gasteiger partial charge < -0.3 is 5.32 Å². The van der Waals surface area contributed by atoms with Crippen LogP contribution in [0, 0.1) is 0 Å². The second-order valence-corrected chi connectivity index (χ2v) is 5.70. The number of nitrogens with one attached hydrogen (secondary N) is 1. The summed E-state index contributed by atoms with van der Waals surface area (Å²) in [6.45, 7) is 5.41. The van der Waals surface area contributed by atoms with E-state index in [2.05, 4.69) is 61.6 Å². The zero-order valence-electron chi connectivity index (χ0n) is 12.4. The van der Waals surface area contributed by atoms with Crippen LogP contribution < -0.4 is 5.32 Å². The molecule has 104 valence electrons. The first-order valence-corrected chi connectivity index (χ1v) is 7.74. The summed E-state index contributed by atoms with van der Waals surface area (Å²) >= 11 is 0. The number of benzene rings is 2. The molecule has 0 aliphatic heterocycles. The van der Waals surface area contributed by atoms with E-state index in [0.717, 1.165) is 6.54 Å². The Hall–Kier alpha value is -1.60. The maximum Gasteiger partial charge on any atom is 0.0297 e. The molecule has 0 aromatic heterocycles. The monoisotopic (exact) mass is 265 g/mol. The summed E-state index contributed by atoms with van der Waals surface area (Å²) in [5.41, 5.74) is 7.23.